The summed E-state index contributed by atoms with van der Waals surface area (Å²) in [5.41, 5.74) is 4.68. The van der Waals surface area contributed by atoms with Gasteiger partial charge in [0, 0.05) is 6.20 Å². The highest BCUT2D eigenvalue weighted by atomic mass is 35.5. The van der Waals surface area contributed by atoms with Gasteiger partial charge in [-0.05, 0) is 6.07 Å². The van der Waals surface area contributed by atoms with E-state index in [9.17, 15) is 9.18 Å². The maximum absolute atomic E-state index is 12.5. The van der Waals surface area contributed by atoms with Crippen LogP contribution in [-0.2, 0) is 0 Å². The lowest BCUT2D eigenvalue weighted by molar-refractivity contribution is 0.0996. The Labute approximate surface area is 68.8 Å². The molecule has 1 amide bonds. The molecule has 60 valence electrons. The predicted molar refractivity (Wildman–Crippen MR) is 40.0 cm³/mol. The molecule has 1 heterocycles. The molecule has 0 radical (unpaired) electrons. The number of nitrogens with two attached hydrogens (primary N) is 1. The molecule has 3 nitrogen and oxygen atoms in total. The molecular weight excluding hydrogens is 171 g/mol. The first-order valence-corrected chi connectivity index (χ1v) is 2.61. The molecule has 0 fully saturated rings. The van der Waals surface area contributed by atoms with E-state index in [0.29, 0.717) is 0 Å². The van der Waals surface area contributed by atoms with Crippen molar-refractivity contribution in [2.45, 2.75) is 0 Å². The van der Waals surface area contributed by atoms with Gasteiger partial charge < -0.3 is 5.73 Å². The molecule has 0 spiro atoms. The van der Waals surface area contributed by atoms with Crippen LogP contribution in [0.25, 0.3) is 0 Å². The van der Waals surface area contributed by atoms with Crippen molar-refractivity contribution in [2.75, 3.05) is 0 Å². The highest BCUT2D eigenvalue weighted by Gasteiger charge is 2.05. The molecular formula is C6H6ClFN2O. The molecule has 0 atom stereocenters. The zero-order valence-electron chi connectivity index (χ0n) is 5.45. The molecule has 0 aliphatic heterocycles. The van der Waals surface area contributed by atoms with Gasteiger partial charge in [-0.15, -0.1) is 12.4 Å². The van der Waals surface area contributed by atoms with E-state index in [1.807, 2.05) is 0 Å². The van der Waals surface area contributed by atoms with Gasteiger partial charge in [0.25, 0.3) is 5.91 Å². The predicted octanol–water partition coefficient (Wildman–Crippen LogP) is 0.741. The molecule has 1 rings (SSSR count). The van der Waals surface area contributed by atoms with Crippen LogP contribution in [0.3, 0.4) is 0 Å². The minimum absolute atomic E-state index is 0. The Morgan fingerprint density at radius 1 is 1.64 bits per heavy atom. The van der Waals surface area contributed by atoms with E-state index in [0.717, 1.165) is 6.20 Å². The minimum atomic E-state index is -0.778. The summed E-state index contributed by atoms with van der Waals surface area (Å²) in [4.78, 5) is 13.8. The highest BCUT2D eigenvalue weighted by molar-refractivity contribution is 5.92. The Hall–Kier alpha value is -1.16. The van der Waals surface area contributed by atoms with Crippen molar-refractivity contribution in [3.8, 4) is 0 Å². The number of hydrogen-bond donors (Lipinski definition) is 1. The number of primary amides is 1. The standard InChI is InChI=1S/C6H5FN2O.ClH/c7-5-3-9-2-1-4(5)6(8)10;/h1-3H,(H2,8,10);1H. The molecule has 1 aromatic heterocycles. The third-order valence-corrected chi connectivity index (χ3v) is 1.04. The van der Waals surface area contributed by atoms with Crippen LogP contribution in [0, 0.1) is 5.82 Å². The summed E-state index contributed by atoms with van der Waals surface area (Å²) in [7, 11) is 0. The van der Waals surface area contributed by atoms with Crippen LogP contribution in [0.4, 0.5) is 4.39 Å². The molecule has 1 aromatic rings. The zero-order valence-corrected chi connectivity index (χ0v) is 6.27. The average molecular weight is 177 g/mol. The first-order valence-electron chi connectivity index (χ1n) is 2.61. The molecule has 2 N–H and O–H groups in total. The van der Waals surface area contributed by atoms with E-state index in [1.54, 1.807) is 0 Å². The lowest BCUT2D eigenvalue weighted by Gasteiger charge is -1.93. The van der Waals surface area contributed by atoms with Crippen LogP contribution in [0.2, 0.25) is 0 Å². The second-order valence-electron chi connectivity index (χ2n) is 1.72. The quantitative estimate of drug-likeness (QED) is 0.686. The molecule has 0 aromatic carbocycles. The third-order valence-electron chi connectivity index (χ3n) is 1.04. The number of carbonyl (C=O) groups is 1. The number of aromatic nitrogens is 1. The maximum atomic E-state index is 12.5. The summed E-state index contributed by atoms with van der Waals surface area (Å²) in [6.45, 7) is 0. The lowest BCUT2D eigenvalue weighted by Crippen LogP contribution is -2.12. The second-order valence-corrected chi connectivity index (χ2v) is 1.72. The van der Waals surface area contributed by atoms with Gasteiger partial charge in [-0.2, -0.15) is 0 Å². The van der Waals surface area contributed by atoms with E-state index < -0.39 is 11.7 Å². The topological polar surface area (TPSA) is 56.0 Å². The van der Waals surface area contributed by atoms with Crippen LogP contribution in [-0.4, -0.2) is 10.9 Å². The van der Waals surface area contributed by atoms with Gasteiger partial charge in [-0.1, -0.05) is 0 Å². The molecule has 0 saturated heterocycles. The first-order chi connectivity index (χ1) is 4.72. The smallest absolute Gasteiger partial charge is 0.251 e. The van der Waals surface area contributed by atoms with Gasteiger partial charge in [0.05, 0.1) is 11.8 Å². The van der Waals surface area contributed by atoms with Crippen molar-refractivity contribution in [1.29, 1.82) is 0 Å². The third kappa shape index (κ3) is 2.16. The number of carbonyl (C=O) groups excluding carboxylic acids is 1. The lowest BCUT2D eigenvalue weighted by atomic mass is 10.2. The van der Waals surface area contributed by atoms with Crippen molar-refractivity contribution in [3.63, 3.8) is 0 Å². The van der Waals surface area contributed by atoms with Gasteiger partial charge in [0.2, 0.25) is 0 Å². The summed E-state index contributed by atoms with van der Waals surface area (Å²) >= 11 is 0. The number of amides is 1. The van der Waals surface area contributed by atoms with E-state index in [1.165, 1.54) is 12.3 Å². The Kier molecular flexibility index (Phi) is 3.47. The second kappa shape index (κ2) is 3.88. The van der Waals surface area contributed by atoms with Gasteiger partial charge in [-0.25, -0.2) is 4.39 Å². The van der Waals surface area contributed by atoms with E-state index in [2.05, 4.69) is 4.98 Å². The number of pyridine rings is 1. The summed E-state index contributed by atoms with van der Waals surface area (Å²) < 4.78 is 12.5. The largest absolute Gasteiger partial charge is 0.366 e. The van der Waals surface area contributed by atoms with E-state index in [4.69, 9.17) is 5.73 Å². The van der Waals surface area contributed by atoms with E-state index >= 15 is 0 Å². The number of nitrogens with zero attached hydrogens (tertiary/aromatic N) is 1. The Balaban J connectivity index is 0.000001000. The number of rotatable bonds is 1. The summed E-state index contributed by atoms with van der Waals surface area (Å²) in [6.07, 6.45) is 2.25. The van der Waals surface area contributed by atoms with Crippen LogP contribution >= 0.6 is 12.4 Å². The fourth-order valence-electron chi connectivity index (χ4n) is 0.575. The molecule has 5 heteroatoms. The zero-order chi connectivity index (χ0) is 7.56. The minimum Gasteiger partial charge on any atom is -0.366 e. The molecule has 0 unspecified atom stereocenters. The molecule has 0 bridgehead atoms. The summed E-state index contributed by atoms with van der Waals surface area (Å²) in [6, 6.07) is 1.23. The monoisotopic (exact) mass is 176 g/mol. The van der Waals surface area contributed by atoms with Crippen molar-refractivity contribution in [1.82, 2.24) is 4.98 Å². The van der Waals surface area contributed by atoms with Crippen molar-refractivity contribution in [3.05, 3.63) is 29.8 Å². The molecule has 0 aliphatic carbocycles. The summed E-state index contributed by atoms with van der Waals surface area (Å²) in [5.74, 6) is -1.46. The van der Waals surface area contributed by atoms with Gasteiger partial charge in [-0.3, -0.25) is 9.78 Å². The molecule has 0 saturated carbocycles. The Morgan fingerprint density at radius 3 is 2.64 bits per heavy atom. The molecule has 0 aliphatic rings. The average Bonchev–Trinajstić information content (AvgIpc) is 1.88. The van der Waals surface area contributed by atoms with Gasteiger partial charge >= 0.3 is 0 Å². The van der Waals surface area contributed by atoms with Crippen LogP contribution in [0.15, 0.2) is 18.5 Å². The van der Waals surface area contributed by atoms with Crippen molar-refractivity contribution in [2.24, 2.45) is 5.73 Å². The van der Waals surface area contributed by atoms with Crippen LogP contribution < -0.4 is 5.73 Å². The Morgan fingerprint density at radius 2 is 2.27 bits per heavy atom. The number of hydrogen-bond acceptors (Lipinski definition) is 2. The normalized spacial score (nSPS) is 8.45. The first kappa shape index (κ1) is 9.84. The number of halogens is 2. The van der Waals surface area contributed by atoms with Crippen molar-refractivity contribution >= 4 is 18.3 Å². The Bertz CT molecular complexity index is 267. The van der Waals surface area contributed by atoms with E-state index in [-0.39, 0.29) is 18.0 Å². The van der Waals surface area contributed by atoms with Crippen LogP contribution in [0.1, 0.15) is 10.4 Å². The SMILES string of the molecule is Cl.NC(=O)c1ccncc1F. The van der Waals surface area contributed by atoms with Gasteiger partial charge in [0.15, 0.2) is 5.82 Å². The highest BCUT2D eigenvalue weighted by Crippen LogP contribution is 2.01. The van der Waals surface area contributed by atoms with Crippen LogP contribution in [0.5, 0.6) is 0 Å². The molecule has 11 heavy (non-hydrogen) atoms. The van der Waals surface area contributed by atoms with Gasteiger partial charge in [0.1, 0.15) is 0 Å². The van der Waals surface area contributed by atoms with Crippen molar-refractivity contribution < 1.29 is 9.18 Å². The maximum Gasteiger partial charge on any atom is 0.251 e. The summed E-state index contributed by atoms with van der Waals surface area (Å²) in [5, 5.41) is 0. The fourth-order valence-corrected chi connectivity index (χ4v) is 0.575. The fraction of sp³-hybridized carbons (Fsp3) is 0.